The predicted molar refractivity (Wildman–Crippen MR) is 69.2 cm³/mol. The van der Waals surface area contributed by atoms with Crippen LogP contribution in [0, 0.1) is 0 Å². The zero-order valence-corrected chi connectivity index (χ0v) is 10.7. The fourth-order valence-electron chi connectivity index (χ4n) is 2.21. The van der Waals surface area contributed by atoms with E-state index in [9.17, 15) is 0 Å². The Labute approximate surface area is 103 Å². The lowest BCUT2D eigenvalue weighted by atomic mass is 10.2. The van der Waals surface area contributed by atoms with E-state index in [-0.39, 0.29) is 0 Å². The molecule has 1 unspecified atom stereocenters. The van der Waals surface area contributed by atoms with Gasteiger partial charge < -0.3 is 19.7 Å². The fourth-order valence-corrected chi connectivity index (χ4v) is 2.21. The number of hydrogen-bond acceptors (Lipinski definition) is 4. The Morgan fingerprint density at radius 3 is 2.29 bits per heavy atom. The quantitative estimate of drug-likeness (QED) is 0.859. The van der Waals surface area contributed by atoms with Crippen molar-refractivity contribution in [1.82, 2.24) is 5.32 Å². The Hall–Kier alpha value is -1.42. The van der Waals surface area contributed by atoms with Crippen LogP contribution in [0.5, 0.6) is 11.5 Å². The third-order valence-corrected chi connectivity index (χ3v) is 3.30. The van der Waals surface area contributed by atoms with E-state index in [1.807, 2.05) is 13.1 Å². The largest absolute Gasteiger partial charge is 0.497 e. The Kier molecular flexibility index (Phi) is 3.74. The first kappa shape index (κ1) is 12.0. The Morgan fingerprint density at radius 2 is 1.82 bits per heavy atom. The summed E-state index contributed by atoms with van der Waals surface area (Å²) < 4.78 is 10.6. The monoisotopic (exact) mass is 236 g/mol. The van der Waals surface area contributed by atoms with Crippen LogP contribution in [0.1, 0.15) is 6.42 Å². The number of hydrogen-bond donors (Lipinski definition) is 1. The normalized spacial score (nSPS) is 19.5. The molecular formula is C13H20N2O2. The van der Waals surface area contributed by atoms with Crippen molar-refractivity contribution in [3.63, 3.8) is 0 Å². The van der Waals surface area contributed by atoms with Crippen LogP contribution in [0.2, 0.25) is 0 Å². The number of anilines is 1. The lowest BCUT2D eigenvalue weighted by molar-refractivity contribution is 0.394. The lowest BCUT2D eigenvalue weighted by Gasteiger charge is -2.20. The van der Waals surface area contributed by atoms with Crippen molar-refractivity contribution in [3.8, 4) is 11.5 Å². The van der Waals surface area contributed by atoms with Gasteiger partial charge in [-0.1, -0.05) is 0 Å². The van der Waals surface area contributed by atoms with Crippen molar-refractivity contribution >= 4 is 5.69 Å². The van der Waals surface area contributed by atoms with Gasteiger partial charge in [0.2, 0.25) is 0 Å². The molecule has 0 saturated carbocycles. The molecule has 94 valence electrons. The van der Waals surface area contributed by atoms with E-state index in [1.165, 1.54) is 12.1 Å². The standard InChI is InChI=1S/C13H20N2O2/c1-14-10-4-5-15(9-10)11-6-12(16-2)8-13(7-11)17-3/h6-8,10,14H,4-5,9H2,1-3H3. The van der Waals surface area contributed by atoms with Gasteiger partial charge in [-0.15, -0.1) is 0 Å². The van der Waals surface area contributed by atoms with Crippen LogP contribution in [0.3, 0.4) is 0 Å². The zero-order valence-electron chi connectivity index (χ0n) is 10.7. The highest BCUT2D eigenvalue weighted by atomic mass is 16.5. The van der Waals surface area contributed by atoms with Crippen LogP contribution in [0.15, 0.2) is 18.2 Å². The van der Waals surface area contributed by atoms with Gasteiger partial charge >= 0.3 is 0 Å². The topological polar surface area (TPSA) is 33.7 Å². The van der Waals surface area contributed by atoms with Gasteiger partial charge in [0.25, 0.3) is 0 Å². The molecule has 1 aromatic rings. The molecule has 2 rings (SSSR count). The van der Waals surface area contributed by atoms with Crippen LogP contribution >= 0.6 is 0 Å². The van der Waals surface area contributed by atoms with Crippen molar-refractivity contribution in [2.75, 3.05) is 39.3 Å². The summed E-state index contributed by atoms with van der Waals surface area (Å²) in [5.74, 6) is 1.68. The van der Waals surface area contributed by atoms with E-state index < -0.39 is 0 Å². The Morgan fingerprint density at radius 1 is 1.18 bits per heavy atom. The maximum atomic E-state index is 5.29. The summed E-state index contributed by atoms with van der Waals surface area (Å²) in [7, 11) is 5.37. The molecule has 1 aliphatic heterocycles. The first-order chi connectivity index (χ1) is 8.26. The van der Waals surface area contributed by atoms with Crippen molar-refractivity contribution in [1.29, 1.82) is 0 Å². The number of nitrogens with one attached hydrogen (secondary N) is 1. The van der Waals surface area contributed by atoms with Gasteiger partial charge in [0.1, 0.15) is 11.5 Å². The third-order valence-electron chi connectivity index (χ3n) is 3.30. The fraction of sp³-hybridized carbons (Fsp3) is 0.538. The molecule has 0 radical (unpaired) electrons. The van der Waals surface area contributed by atoms with E-state index in [0.29, 0.717) is 6.04 Å². The molecule has 0 bridgehead atoms. The lowest BCUT2D eigenvalue weighted by Crippen LogP contribution is -2.29. The van der Waals surface area contributed by atoms with E-state index in [4.69, 9.17) is 9.47 Å². The molecule has 0 aliphatic carbocycles. The summed E-state index contributed by atoms with van der Waals surface area (Å²) in [5.41, 5.74) is 1.17. The molecule has 0 spiro atoms. The molecule has 0 amide bonds. The summed E-state index contributed by atoms with van der Waals surface area (Å²) in [6.07, 6.45) is 1.18. The number of ether oxygens (including phenoxy) is 2. The predicted octanol–water partition coefficient (Wildman–Crippen LogP) is 1.50. The maximum Gasteiger partial charge on any atom is 0.124 e. The van der Waals surface area contributed by atoms with Crippen LogP contribution in [0.4, 0.5) is 5.69 Å². The highest BCUT2D eigenvalue weighted by Crippen LogP contribution is 2.30. The first-order valence-electron chi connectivity index (χ1n) is 5.92. The number of benzene rings is 1. The molecule has 4 heteroatoms. The highest BCUT2D eigenvalue weighted by Gasteiger charge is 2.21. The van der Waals surface area contributed by atoms with E-state index in [1.54, 1.807) is 14.2 Å². The molecule has 1 heterocycles. The highest BCUT2D eigenvalue weighted by molar-refractivity contribution is 5.56. The molecule has 1 saturated heterocycles. The molecule has 17 heavy (non-hydrogen) atoms. The minimum absolute atomic E-state index is 0.576. The van der Waals surface area contributed by atoms with E-state index in [0.717, 1.165) is 24.6 Å². The molecule has 0 aromatic heterocycles. The van der Waals surface area contributed by atoms with Crippen molar-refractivity contribution in [3.05, 3.63) is 18.2 Å². The zero-order chi connectivity index (χ0) is 12.3. The van der Waals surface area contributed by atoms with E-state index >= 15 is 0 Å². The second-order valence-electron chi connectivity index (χ2n) is 4.29. The second kappa shape index (κ2) is 5.27. The molecule has 4 nitrogen and oxygen atoms in total. The van der Waals surface area contributed by atoms with Crippen molar-refractivity contribution in [2.24, 2.45) is 0 Å². The maximum absolute atomic E-state index is 5.29. The molecule has 1 N–H and O–H groups in total. The minimum atomic E-state index is 0.576. The molecule has 1 fully saturated rings. The van der Waals surface area contributed by atoms with Crippen molar-refractivity contribution in [2.45, 2.75) is 12.5 Å². The van der Waals surface area contributed by atoms with Gasteiger partial charge in [-0.05, 0) is 13.5 Å². The first-order valence-corrected chi connectivity index (χ1v) is 5.92. The molecule has 1 aliphatic rings. The summed E-state index contributed by atoms with van der Waals surface area (Å²) in [4.78, 5) is 2.35. The summed E-state index contributed by atoms with van der Waals surface area (Å²) >= 11 is 0. The van der Waals surface area contributed by atoms with Crippen LogP contribution in [0.25, 0.3) is 0 Å². The average molecular weight is 236 g/mol. The second-order valence-corrected chi connectivity index (χ2v) is 4.29. The van der Waals surface area contributed by atoms with Crippen molar-refractivity contribution < 1.29 is 9.47 Å². The number of nitrogens with zero attached hydrogens (tertiary/aromatic N) is 1. The Balaban J connectivity index is 2.20. The molecule has 1 aromatic carbocycles. The summed E-state index contributed by atoms with van der Waals surface area (Å²) in [5, 5.41) is 3.32. The van der Waals surface area contributed by atoms with Crippen LogP contribution in [-0.4, -0.2) is 40.4 Å². The number of methoxy groups -OCH3 is 2. The molecule has 1 atom stereocenters. The van der Waals surface area contributed by atoms with Crippen LogP contribution in [-0.2, 0) is 0 Å². The van der Waals surface area contributed by atoms with Gasteiger partial charge in [0, 0.05) is 43.0 Å². The summed E-state index contributed by atoms with van der Waals surface area (Å²) in [6, 6.07) is 6.59. The van der Waals surface area contributed by atoms with Gasteiger partial charge in [0.15, 0.2) is 0 Å². The van der Waals surface area contributed by atoms with Crippen LogP contribution < -0.4 is 19.7 Å². The third kappa shape index (κ3) is 2.64. The SMILES string of the molecule is CNC1CCN(c2cc(OC)cc(OC)c2)C1. The Bertz CT molecular complexity index is 359. The van der Waals surface area contributed by atoms with Gasteiger partial charge in [-0.3, -0.25) is 0 Å². The summed E-state index contributed by atoms with van der Waals surface area (Å²) in [6.45, 7) is 2.11. The van der Waals surface area contributed by atoms with Gasteiger partial charge in [-0.2, -0.15) is 0 Å². The number of likely N-dealkylation sites (N-methyl/N-ethyl adjacent to an activating group) is 1. The smallest absolute Gasteiger partial charge is 0.124 e. The minimum Gasteiger partial charge on any atom is -0.497 e. The molecular weight excluding hydrogens is 216 g/mol. The average Bonchev–Trinajstić information content (AvgIpc) is 2.86. The van der Waals surface area contributed by atoms with Gasteiger partial charge in [0.05, 0.1) is 14.2 Å². The van der Waals surface area contributed by atoms with Gasteiger partial charge in [-0.25, -0.2) is 0 Å². The number of rotatable bonds is 4. The van der Waals surface area contributed by atoms with E-state index in [2.05, 4.69) is 22.3 Å².